The van der Waals surface area contributed by atoms with Crippen molar-refractivity contribution in [3.8, 4) is 5.75 Å². The summed E-state index contributed by atoms with van der Waals surface area (Å²) >= 11 is 0. The van der Waals surface area contributed by atoms with Gasteiger partial charge in [-0.1, -0.05) is 0 Å². The third-order valence-electron chi connectivity index (χ3n) is 3.94. The van der Waals surface area contributed by atoms with Crippen LogP contribution in [0.1, 0.15) is 23.7 Å². The van der Waals surface area contributed by atoms with Crippen molar-refractivity contribution in [2.45, 2.75) is 25.6 Å². The summed E-state index contributed by atoms with van der Waals surface area (Å²) in [4.78, 5) is 18.3. The molecule has 0 saturated carbocycles. The fourth-order valence-electron chi connectivity index (χ4n) is 3.06. The van der Waals surface area contributed by atoms with Crippen molar-refractivity contribution in [1.29, 1.82) is 0 Å². The van der Waals surface area contributed by atoms with Crippen LogP contribution in [-0.4, -0.2) is 48.2 Å². The van der Waals surface area contributed by atoms with E-state index in [1.807, 2.05) is 4.90 Å². The van der Waals surface area contributed by atoms with E-state index in [4.69, 9.17) is 9.47 Å². The fraction of sp³-hybridized carbons (Fsp3) is 0.571. The molecule has 5 nitrogen and oxygen atoms in total. The van der Waals surface area contributed by atoms with Gasteiger partial charge in [0.25, 0.3) is 5.91 Å². The zero-order valence-electron chi connectivity index (χ0n) is 11.2. The normalized spacial score (nSPS) is 29.4. The summed E-state index contributed by atoms with van der Waals surface area (Å²) < 4.78 is 11.0. The van der Waals surface area contributed by atoms with Crippen molar-refractivity contribution in [1.82, 2.24) is 9.88 Å². The van der Waals surface area contributed by atoms with Crippen molar-refractivity contribution in [2.75, 3.05) is 20.2 Å². The van der Waals surface area contributed by atoms with Gasteiger partial charge in [-0.25, -0.2) is 0 Å². The Morgan fingerprint density at radius 2 is 2.37 bits per heavy atom. The van der Waals surface area contributed by atoms with Crippen molar-refractivity contribution in [2.24, 2.45) is 5.92 Å². The molecule has 5 heteroatoms. The molecular weight excluding hydrogens is 244 g/mol. The van der Waals surface area contributed by atoms with Gasteiger partial charge in [-0.3, -0.25) is 9.78 Å². The predicted octanol–water partition coefficient (Wildman–Crippen LogP) is 1.34. The monoisotopic (exact) mass is 262 g/mol. The molecular formula is C14H18N2O3. The molecule has 2 saturated heterocycles. The lowest BCUT2D eigenvalue weighted by Gasteiger charge is -2.19. The maximum absolute atomic E-state index is 12.5. The van der Waals surface area contributed by atoms with Crippen LogP contribution in [0.3, 0.4) is 0 Å². The third-order valence-corrected chi connectivity index (χ3v) is 3.94. The molecule has 1 aromatic heterocycles. The molecule has 3 rings (SSSR count). The van der Waals surface area contributed by atoms with Crippen LogP contribution < -0.4 is 4.74 Å². The molecule has 102 valence electrons. The van der Waals surface area contributed by atoms with E-state index in [1.165, 1.54) is 0 Å². The Balaban J connectivity index is 1.75. The number of carbonyl (C=O) groups excluding carboxylic acids is 1. The molecule has 0 aliphatic carbocycles. The Labute approximate surface area is 112 Å². The number of ether oxygens (including phenoxy) is 2. The highest BCUT2D eigenvalue weighted by molar-refractivity contribution is 5.97. The average molecular weight is 262 g/mol. The molecule has 2 aliphatic heterocycles. The number of fused-ring (bicyclic) bond motifs is 1. The second kappa shape index (κ2) is 4.81. The summed E-state index contributed by atoms with van der Waals surface area (Å²) in [5.41, 5.74) is 0.575. The molecule has 3 atom stereocenters. The second-order valence-corrected chi connectivity index (χ2v) is 5.27. The van der Waals surface area contributed by atoms with E-state index in [9.17, 15) is 4.79 Å². The number of hydrogen-bond donors (Lipinski definition) is 0. The van der Waals surface area contributed by atoms with E-state index in [-0.39, 0.29) is 12.0 Å². The topological polar surface area (TPSA) is 51.7 Å². The number of likely N-dealkylation sites (tertiary alicyclic amines) is 1. The highest BCUT2D eigenvalue weighted by atomic mass is 16.5. The van der Waals surface area contributed by atoms with Crippen LogP contribution >= 0.6 is 0 Å². The Morgan fingerprint density at radius 1 is 1.53 bits per heavy atom. The molecule has 0 N–H and O–H groups in total. The van der Waals surface area contributed by atoms with Crippen molar-refractivity contribution < 1.29 is 14.3 Å². The number of carbonyl (C=O) groups is 1. The van der Waals surface area contributed by atoms with Crippen molar-refractivity contribution in [3.05, 3.63) is 24.0 Å². The molecule has 0 aromatic carbocycles. The predicted molar refractivity (Wildman–Crippen MR) is 69.1 cm³/mol. The SMILES string of the molecule is COc1cnccc1C(=O)N1C[C@H]2C[C@H](C)O[C@H]2C1. The molecule has 2 fully saturated rings. The number of aromatic nitrogens is 1. The number of amides is 1. The van der Waals surface area contributed by atoms with E-state index in [0.29, 0.717) is 29.9 Å². The summed E-state index contributed by atoms with van der Waals surface area (Å²) in [5.74, 6) is 1.01. The van der Waals surface area contributed by atoms with Gasteiger partial charge in [-0.05, 0) is 19.4 Å². The van der Waals surface area contributed by atoms with Crippen LogP contribution in [0.25, 0.3) is 0 Å². The largest absolute Gasteiger partial charge is 0.494 e. The van der Waals surface area contributed by atoms with Crippen LogP contribution in [0.2, 0.25) is 0 Å². The molecule has 0 spiro atoms. The number of methoxy groups -OCH3 is 1. The number of hydrogen-bond acceptors (Lipinski definition) is 4. The van der Waals surface area contributed by atoms with Crippen LogP contribution in [0.5, 0.6) is 5.75 Å². The van der Waals surface area contributed by atoms with Gasteiger partial charge in [0, 0.05) is 25.2 Å². The standard InChI is InChI=1S/C14H18N2O3/c1-9-5-10-7-16(8-13(10)19-9)14(17)11-3-4-15-6-12(11)18-2/h3-4,6,9-10,13H,5,7-8H2,1-2H3/t9-,10+,13-/m0/s1. The van der Waals surface area contributed by atoms with Crippen LogP contribution in [0.4, 0.5) is 0 Å². The average Bonchev–Trinajstić information content (AvgIpc) is 2.95. The number of nitrogens with zero attached hydrogens (tertiary/aromatic N) is 2. The van der Waals surface area contributed by atoms with Crippen LogP contribution in [0.15, 0.2) is 18.5 Å². The van der Waals surface area contributed by atoms with E-state index in [1.54, 1.807) is 25.6 Å². The fourth-order valence-corrected chi connectivity index (χ4v) is 3.06. The van der Waals surface area contributed by atoms with Gasteiger partial charge in [-0.2, -0.15) is 0 Å². The molecule has 0 bridgehead atoms. The first-order valence-electron chi connectivity index (χ1n) is 6.61. The first-order chi connectivity index (χ1) is 9.19. The molecule has 2 aliphatic rings. The van der Waals surface area contributed by atoms with Crippen molar-refractivity contribution >= 4 is 5.91 Å². The van der Waals surface area contributed by atoms with Gasteiger partial charge in [0.05, 0.1) is 31.1 Å². The first kappa shape index (κ1) is 12.4. The molecule has 1 amide bonds. The van der Waals surface area contributed by atoms with Gasteiger partial charge in [-0.15, -0.1) is 0 Å². The minimum absolute atomic E-state index is 0.00454. The van der Waals surface area contributed by atoms with Gasteiger partial charge in [0.1, 0.15) is 5.75 Å². The summed E-state index contributed by atoms with van der Waals surface area (Å²) in [6.07, 6.45) is 4.75. The summed E-state index contributed by atoms with van der Waals surface area (Å²) in [7, 11) is 1.55. The lowest BCUT2D eigenvalue weighted by Crippen LogP contribution is -2.31. The lowest BCUT2D eigenvalue weighted by atomic mass is 10.0. The molecule has 3 heterocycles. The van der Waals surface area contributed by atoms with E-state index >= 15 is 0 Å². The maximum atomic E-state index is 12.5. The molecule has 0 unspecified atom stereocenters. The van der Waals surface area contributed by atoms with E-state index in [2.05, 4.69) is 11.9 Å². The molecule has 0 radical (unpaired) electrons. The molecule has 1 aromatic rings. The molecule has 19 heavy (non-hydrogen) atoms. The zero-order valence-corrected chi connectivity index (χ0v) is 11.2. The Hall–Kier alpha value is -1.62. The first-order valence-corrected chi connectivity index (χ1v) is 6.61. The minimum atomic E-state index is 0.00454. The Morgan fingerprint density at radius 3 is 3.11 bits per heavy atom. The van der Waals surface area contributed by atoms with Gasteiger partial charge < -0.3 is 14.4 Å². The number of pyridine rings is 1. The number of rotatable bonds is 2. The highest BCUT2D eigenvalue weighted by Gasteiger charge is 2.42. The smallest absolute Gasteiger partial charge is 0.257 e. The van der Waals surface area contributed by atoms with Gasteiger partial charge >= 0.3 is 0 Å². The van der Waals surface area contributed by atoms with Crippen LogP contribution in [-0.2, 0) is 4.74 Å². The quantitative estimate of drug-likeness (QED) is 0.807. The van der Waals surface area contributed by atoms with Crippen molar-refractivity contribution in [3.63, 3.8) is 0 Å². The van der Waals surface area contributed by atoms with E-state index < -0.39 is 0 Å². The summed E-state index contributed by atoms with van der Waals surface area (Å²) in [5, 5.41) is 0. The van der Waals surface area contributed by atoms with Gasteiger partial charge in [0.2, 0.25) is 0 Å². The second-order valence-electron chi connectivity index (χ2n) is 5.27. The maximum Gasteiger partial charge on any atom is 0.257 e. The Bertz CT molecular complexity index is 477. The Kier molecular flexibility index (Phi) is 3.14. The zero-order chi connectivity index (χ0) is 13.4. The summed E-state index contributed by atoms with van der Waals surface area (Å²) in [6.45, 7) is 3.55. The lowest BCUT2D eigenvalue weighted by molar-refractivity contribution is 0.0442. The van der Waals surface area contributed by atoms with Gasteiger partial charge in [0.15, 0.2) is 0 Å². The third kappa shape index (κ3) is 2.18. The van der Waals surface area contributed by atoms with Crippen LogP contribution in [0, 0.1) is 5.92 Å². The van der Waals surface area contributed by atoms with E-state index in [0.717, 1.165) is 13.0 Å². The highest BCUT2D eigenvalue weighted by Crippen LogP contribution is 2.33. The minimum Gasteiger partial charge on any atom is -0.494 e. The summed E-state index contributed by atoms with van der Waals surface area (Å²) in [6, 6.07) is 1.71.